The van der Waals surface area contributed by atoms with Crippen LogP contribution in [0.2, 0.25) is 0 Å². The molecule has 2 rings (SSSR count). The highest BCUT2D eigenvalue weighted by molar-refractivity contribution is 9.10. The van der Waals surface area contributed by atoms with E-state index >= 15 is 0 Å². The van der Waals surface area contributed by atoms with Crippen molar-refractivity contribution in [1.82, 2.24) is 14.5 Å². The third-order valence-electron chi connectivity index (χ3n) is 1.96. The predicted molar refractivity (Wildman–Crippen MR) is 50.9 cm³/mol. The fourth-order valence-corrected chi connectivity index (χ4v) is 1.51. The molecule has 0 aliphatic rings. The molecular formula is C8H8BrN3. The lowest BCUT2D eigenvalue weighted by atomic mass is 10.4. The molecule has 3 nitrogen and oxygen atoms in total. The van der Waals surface area contributed by atoms with Crippen LogP contribution in [0.3, 0.4) is 0 Å². The van der Waals surface area contributed by atoms with E-state index in [1.54, 1.807) is 6.20 Å². The van der Waals surface area contributed by atoms with Crippen LogP contribution in [0.5, 0.6) is 0 Å². The van der Waals surface area contributed by atoms with Crippen LogP contribution in [-0.2, 0) is 7.05 Å². The molecule has 0 saturated heterocycles. The Hall–Kier alpha value is -0.900. The lowest BCUT2D eigenvalue weighted by molar-refractivity contribution is 0.885. The first kappa shape index (κ1) is 7.73. The number of hydrogen-bond donors (Lipinski definition) is 0. The minimum atomic E-state index is 0.845. The molecule has 0 fully saturated rings. The van der Waals surface area contributed by atoms with Gasteiger partial charge in [-0.3, -0.25) is 0 Å². The standard InChI is InChI=1S/C8H8BrN3/c1-5-11-6-4-10-8(9)3-7(6)12(5)2/h3-4H,1-2H3. The summed E-state index contributed by atoms with van der Waals surface area (Å²) in [7, 11) is 2.00. The van der Waals surface area contributed by atoms with E-state index in [0.717, 1.165) is 21.5 Å². The number of fused-ring (bicyclic) bond motifs is 1. The molecule has 0 unspecified atom stereocenters. The van der Waals surface area contributed by atoms with E-state index in [0.29, 0.717) is 0 Å². The Morgan fingerprint density at radius 1 is 1.50 bits per heavy atom. The summed E-state index contributed by atoms with van der Waals surface area (Å²) in [6.45, 7) is 1.98. The molecule has 12 heavy (non-hydrogen) atoms. The lowest BCUT2D eigenvalue weighted by Gasteiger charge is -1.95. The fourth-order valence-electron chi connectivity index (χ4n) is 1.19. The molecule has 0 aromatic carbocycles. The van der Waals surface area contributed by atoms with E-state index in [2.05, 4.69) is 25.9 Å². The smallest absolute Gasteiger partial charge is 0.108 e. The molecule has 0 atom stereocenters. The highest BCUT2D eigenvalue weighted by Gasteiger charge is 2.03. The van der Waals surface area contributed by atoms with Crippen molar-refractivity contribution in [1.29, 1.82) is 0 Å². The van der Waals surface area contributed by atoms with Gasteiger partial charge in [-0.25, -0.2) is 9.97 Å². The summed E-state index contributed by atoms with van der Waals surface area (Å²) in [6, 6.07) is 1.97. The van der Waals surface area contributed by atoms with Crippen LogP contribution >= 0.6 is 15.9 Å². The maximum Gasteiger partial charge on any atom is 0.108 e. The van der Waals surface area contributed by atoms with E-state index in [1.807, 2.05) is 24.6 Å². The van der Waals surface area contributed by atoms with Crippen LogP contribution in [0, 0.1) is 6.92 Å². The Balaban J connectivity index is 2.88. The Labute approximate surface area is 78.6 Å². The van der Waals surface area contributed by atoms with Crippen LogP contribution in [0.4, 0.5) is 0 Å². The quantitative estimate of drug-likeness (QED) is 0.643. The van der Waals surface area contributed by atoms with Crippen LogP contribution < -0.4 is 0 Å². The van der Waals surface area contributed by atoms with Crippen molar-refractivity contribution in [3.8, 4) is 0 Å². The third kappa shape index (κ3) is 1.03. The van der Waals surface area contributed by atoms with E-state index in [-0.39, 0.29) is 0 Å². The van der Waals surface area contributed by atoms with Gasteiger partial charge in [-0.2, -0.15) is 0 Å². The van der Waals surface area contributed by atoms with Gasteiger partial charge in [0, 0.05) is 7.05 Å². The molecule has 0 aliphatic carbocycles. The minimum absolute atomic E-state index is 0.845. The normalized spacial score (nSPS) is 10.9. The fraction of sp³-hybridized carbons (Fsp3) is 0.250. The first-order valence-corrected chi connectivity index (χ1v) is 4.42. The van der Waals surface area contributed by atoms with Crippen molar-refractivity contribution in [3.63, 3.8) is 0 Å². The highest BCUT2D eigenvalue weighted by Crippen LogP contribution is 2.16. The summed E-state index contributed by atoms with van der Waals surface area (Å²) in [4.78, 5) is 8.44. The van der Waals surface area contributed by atoms with Gasteiger partial charge in [-0.05, 0) is 28.9 Å². The van der Waals surface area contributed by atoms with Crippen LogP contribution in [0.15, 0.2) is 16.9 Å². The summed E-state index contributed by atoms with van der Waals surface area (Å²) < 4.78 is 2.89. The number of imidazole rings is 1. The zero-order valence-electron chi connectivity index (χ0n) is 6.87. The molecule has 0 aliphatic heterocycles. The lowest BCUT2D eigenvalue weighted by Crippen LogP contribution is -1.90. The molecule has 2 heterocycles. The maximum absolute atomic E-state index is 4.33. The molecule has 2 aromatic rings. The van der Waals surface area contributed by atoms with Crippen molar-refractivity contribution in [2.45, 2.75) is 6.92 Å². The highest BCUT2D eigenvalue weighted by atomic mass is 79.9. The second-order valence-corrected chi connectivity index (χ2v) is 3.53. The summed E-state index contributed by atoms with van der Waals surface area (Å²) in [6.07, 6.45) is 1.77. The topological polar surface area (TPSA) is 30.7 Å². The zero-order chi connectivity index (χ0) is 8.72. The molecule has 0 spiro atoms. The van der Waals surface area contributed by atoms with Gasteiger partial charge in [-0.15, -0.1) is 0 Å². The SMILES string of the molecule is Cc1nc2cnc(Br)cc2n1C. The number of hydrogen-bond acceptors (Lipinski definition) is 2. The summed E-state index contributed by atoms with van der Waals surface area (Å²) in [5.74, 6) is 1.00. The van der Waals surface area contributed by atoms with Gasteiger partial charge in [0.2, 0.25) is 0 Å². The van der Waals surface area contributed by atoms with Gasteiger partial charge in [0.15, 0.2) is 0 Å². The Bertz CT molecular complexity index is 433. The molecule has 0 N–H and O–H groups in total. The Morgan fingerprint density at radius 3 is 3.00 bits per heavy atom. The van der Waals surface area contributed by atoms with Gasteiger partial charge in [0.25, 0.3) is 0 Å². The first-order valence-electron chi connectivity index (χ1n) is 3.63. The second-order valence-electron chi connectivity index (χ2n) is 2.71. The second kappa shape index (κ2) is 2.55. The summed E-state index contributed by atoms with van der Waals surface area (Å²) >= 11 is 3.32. The van der Waals surface area contributed by atoms with Gasteiger partial charge in [0.1, 0.15) is 15.9 Å². The number of pyridine rings is 1. The van der Waals surface area contributed by atoms with E-state index in [9.17, 15) is 0 Å². The zero-order valence-corrected chi connectivity index (χ0v) is 8.46. The molecular weight excluding hydrogens is 218 g/mol. The molecule has 0 bridgehead atoms. The van der Waals surface area contributed by atoms with Crippen LogP contribution in [0.25, 0.3) is 11.0 Å². The van der Waals surface area contributed by atoms with Gasteiger partial charge in [-0.1, -0.05) is 0 Å². The number of halogens is 1. The average molecular weight is 226 g/mol. The van der Waals surface area contributed by atoms with Crippen LogP contribution in [0.1, 0.15) is 5.82 Å². The molecule has 4 heteroatoms. The number of aryl methyl sites for hydroxylation is 2. The van der Waals surface area contributed by atoms with Crippen molar-refractivity contribution in [2.75, 3.05) is 0 Å². The summed E-state index contributed by atoms with van der Waals surface area (Å²) in [5, 5.41) is 0. The largest absolute Gasteiger partial charge is 0.331 e. The van der Waals surface area contributed by atoms with Crippen molar-refractivity contribution in [3.05, 3.63) is 22.7 Å². The molecule has 2 aromatic heterocycles. The monoisotopic (exact) mass is 225 g/mol. The van der Waals surface area contributed by atoms with E-state index < -0.39 is 0 Å². The molecule has 0 amide bonds. The van der Waals surface area contributed by atoms with Crippen molar-refractivity contribution >= 4 is 27.0 Å². The molecule has 0 saturated carbocycles. The number of rotatable bonds is 0. The number of aromatic nitrogens is 3. The minimum Gasteiger partial charge on any atom is -0.331 e. The van der Waals surface area contributed by atoms with Gasteiger partial charge >= 0.3 is 0 Å². The van der Waals surface area contributed by atoms with Crippen LogP contribution in [-0.4, -0.2) is 14.5 Å². The predicted octanol–water partition coefficient (Wildman–Crippen LogP) is 2.04. The maximum atomic E-state index is 4.33. The summed E-state index contributed by atoms with van der Waals surface area (Å²) in [5.41, 5.74) is 2.05. The number of nitrogens with zero attached hydrogens (tertiary/aromatic N) is 3. The average Bonchev–Trinajstić information content (AvgIpc) is 2.31. The Morgan fingerprint density at radius 2 is 2.25 bits per heavy atom. The first-order chi connectivity index (χ1) is 5.68. The van der Waals surface area contributed by atoms with Gasteiger partial charge < -0.3 is 4.57 Å². The molecule has 62 valence electrons. The van der Waals surface area contributed by atoms with Crippen molar-refractivity contribution in [2.24, 2.45) is 7.05 Å². The van der Waals surface area contributed by atoms with E-state index in [4.69, 9.17) is 0 Å². The third-order valence-corrected chi connectivity index (χ3v) is 2.39. The Kier molecular flexibility index (Phi) is 1.65. The molecule has 0 radical (unpaired) electrons. The van der Waals surface area contributed by atoms with Gasteiger partial charge in [0.05, 0.1) is 11.7 Å². The van der Waals surface area contributed by atoms with E-state index in [1.165, 1.54) is 0 Å². The van der Waals surface area contributed by atoms with Crippen molar-refractivity contribution < 1.29 is 0 Å².